The molecule has 0 bridgehead atoms. The van der Waals surface area contributed by atoms with Crippen molar-refractivity contribution in [1.82, 2.24) is 14.5 Å². The second kappa shape index (κ2) is 6.64. The van der Waals surface area contributed by atoms with Crippen LogP contribution in [0.25, 0.3) is 0 Å². The van der Waals surface area contributed by atoms with E-state index in [2.05, 4.69) is 16.7 Å². The zero-order valence-electron chi connectivity index (χ0n) is 12.3. The van der Waals surface area contributed by atoms with Crippen molar-refractivity contribution in [3.8, 4) is 0 Å². The summed E-state index contributed by atoms with van der Waals surface area (Å²) in [5.41, 5.74) is 0.933. The molecule has 0 saturated carbocycles. The fraction of sp³-hybridized carbons (Fsp3) is 0.357. The van der Waals surface area contributed by atoms with Gasteiger partial charge in [-0.05, 0) is 30.4 Å². The Hall–Kier alpha value is -1.31. The van der Waals surface area contributed by atoms with Crippen LogP contribution in [-0.4, -0.2) is 24.0 Å². The second-order valence-electron chi connectivity index (χ2n) is 4.69. The molecule has 114 valence electrons. The van der Waals surface area contributed by atoms with Crippen LogP contribution in [0.2, 0.25) is 0 Å². The first-order chi connectivity index (χ1) is 9.92. The maximum absolute atomic E-state index is 12.2. The van der Waals surface area contributed by atoms with Gasteiger partial charge in [0.1, 0.15) is 4.90 Å². The highest BCUT2D eigenvalue weighted by atomic mass is 32.2. The summed E-state index contributed by atoms with van der Waals surface area (Å²) in [6.07, 6.45) is 2.83. The molecule has 0 aliphatic rings. The van der Waals surface area contributed by atoms with Crippen molar-refractivity contribution in [2.75, 3.05) is 5.75 Å². The first-order valence-corrected chi connectivity index (χ1v) is 9.13. The molecule has 0 saturated heterocycles. The van der Waals surface area contributed by atoms with Crippen LogP contribution in [-0.2, 0) is 17.1 Å². The summed E-state index contributed by atoms with van der Waals surface area (Å²) in [6, 6.07) is 7.63. The van der Waals surface area contributed by atoms with Crippen molar-refractivity contribution in [3.05, 3.63) is 42.2 Å². The van der Waals surface area contributed by atoms with Crippen LogP contribution in [0.5, 0.6) is 0 Å². The number of sulfonamides is 1. The first kappa shape index (κ1) is 16.1. The Kier molecular flexibility index (Phi) is 5.08. The van der Waals surface area contributed by atoms with Gasteiger partial charge in [-0.3, -0.25) is 4.68 Å². The molecule has 1 aromatic heterocycles. The number of hydrogen-bond donors (Lipinski definition) is 1. The molecule has 1 N–H and O–H groups in total. The van der Waals surface area contributed by atoms with Crippen molar-refractivity contribution in [1.29, 1.82) is 0 Å². The van der Waals surface area contributed by atoms with Crippen molar-refractivity contribution < 1.29 is 8.42 Å². The van der Waals surface area contributed by atoms with E-state index < -0.39 is 10.0 Å². The van der Waals surface area contributed by atoms with Gasteiger partial charge in [-0.15, -0.1) is 11.8 Å². The lowest BCUT2D eigenvalue weighted by Gasteiger charge is -2.14. The smallest absolute Gasteiger partial charge is 0.244 e. The van der Waals surface area contributed by atoms with Gasteiger partial charge in [0, 0.05) is 24.2 Å². The average molecular weight is 325 g/mol. The van der Waals surface area contributed by atoms with E-state index in [-0.39, 0.29) is 10.9 Å². The fourth-order valence-electron chi connectivity index (χ4n) is 1.93. The van der Waals surface area contributed by atoms with Gasteiger partial charge in [0.05, 0.1) is 6.20 Å². The van der Waals surface area contributed by atoms with Gasteiger partial charge in [0.15, 0.2) is 0 Å². The number of aromatic nitrogens is 2. The average Bonchev–Trinajstić information content (AvgIpc) is 2.87. The normalized spacial score (nSPS) is 13.3. The number of nitrogens with zero attached hydrogens (tertiary/aromatic N) is 2. The van der Waals surface area contributed by atoms with E-state index in [1.807, 2.05) is 31.2 Å². The largest absolute Gasteiger partial charge is 0.274 e. The van der Waals surface area contributed by atoms with E-state index in [1.165, 1.54) is 22.0 Å². The minimum atomic E-state index is -3.55. The summed E-state index contributed by atoms with van der Waals surface area (Å²) in [7, 11) is -1.86. The summed E-state index contributed by atoms with van der Waals surface area (Å²) in [4.78, 5) is 1.36. The Morgan fingerprint density at radius 2 is 2.00 bits per heavy atom. The zero-order chi connectivity index (χ0) is 15.5. The SMILES string of the molecule is CCSc1ccc(C(C)NS(=O)(=O)c2cnn(C)c2)cc1. The molecule has 0 spiro atoms. The second-order valence-corrected chi connectivity index (χ2v) is 7.75. The van der Waals surface area contributed by atoms with E-state index in [1.54, 1.807) is 18.8 Å². The van der Waals surface area contributed by atoms with Gasteiger partial charge >= 0.3 is 0 Å². The van der Waals surface area contributed by atoms with Crippen molar-refractivity contribution in [2.45, 2.75) is 29.7 Å². The highest BCUT2D eigenvalue weighted by Crippen LogP contribution is 2.22. The molecule has 1 unspecified atom stereocenters. The minimum absolute atomic E-state index is 0.176. The van der Waals surface area contributed by atoms with Gasteiger partial charge < -0.3 is 0 Å². The Morgan fingerprint density at radius 1 is 1.33 bits per heavy atom. The van der Waals surface area contributed by atoms with E-state index in [9.17, 15) is 8.42 Å². The molecule has 0 amide bonds. The lowest BCUT2D eigenvalue weighted by atomic mass is 10.1. The number of thioether (sulfide) groups is 1. The fourth-order valence-corrected chi connectivity index (χ4v) is 3.80. The quantitative estimate of drug-likeness (QED) is 0.829. The number of benzene rings is 1. The van der Waals surface area contributed by atoms with Crippen molar-refractivity contribution in [2.24, 2.45) is 7.05 Å². The summed E-state index contributed by atoms with van der Waals surface area (Å²) < 4.78 is 28.6. The van der Waals surface area contributed by atoms with E-state index in [0.717, 1.165) is 11.3 Å². The third-order valence-corrected chi connectivity index (χ3v) is 5.40. The number of aryl methyl sites for hydroxylation is 1. The lowest BCUT2D eigenvalue weighted by molar-refractivity contribution is 0.566. The molecule has 21 heavy (non-hydrogen) atoms. The Balaban J connectivity index is 2.11. The standard InChI is InChI=1S/C14H19N3O2S2/c1-4-20-13-7-5-12(6-8-13)11(2)16-21(18,19)14-9-15-17(3)10-14/h5-11,16H,4H2,1-3H3. The molecule has 1 aromatic carbocycles. The Morgan fingerprint density at radius 3 is 2.52 bits per heavy atom. The van der Waals surface area contributed by atoms with Crippen LogP contribution >= 0.6 is 11.8 Å². The third kappa shape index (κ3) is 4.09. The minimum Gasteiger partial charge on any atom is -0.274 e. The third-order valence-electron chi connectivity index (χ3n) is 3.01. The van der Waals surface area contributed by atoms with Crippen LogP contribution in [0, 0.1) is 0 Å². The van der Waals surface area contributed by atoms with Gasteiger partial charge in [0.2, 0.25) is 10.0 Å². The van der Waals surface area contributed by atoms with Gasteiger partial charge in [-0.25, -0.2) is 13.1 Å². The summed E-state index contributed by atoms with van der Waals surface area (Å²) in [5, 5.41) is 3.89. The molecule has 2 rings (SSSR count). The van der Waals surface area contributed by atoms with Gasteiger partial charge in [0.25, 0.3) is 0 Å². The number of rotatable bonds is 6. The van der Waals surface area contributed by atoms with Crippen LogP contribution < -0.4 is 4.72 Å². The molecule has 1 heterocycles. The van der Waals surface area contributed by atoms with E-state index in [0.29, 0.717) is 0 Å². The van der Waals surface area contributed by atoms with Crippen LogP contribution in [0.3, 0.4) is 0 Å². The molecule has 0 fully saturated rings. The molecule has 2 aromatic rings. The predicted octanol–water partition coefficient (Wildman–Crippen LogP) is 2.57. The van der Waals surface area contributed by atoms with Gasteiger partial charge in [-0.2, -0.15) is 5.10 Å². The van der Waals surface area contributed by atoms with Crippen LogP contribution in [0.15, 0.2) is 46.5 Å². The summed E-state index contributed by atoms with van der Waals surface area (Å²) in [5.74, 6) is 1.02. The van der Waals surface area contributed by atoms with E-state index >= 15 is 0 Å². The van der Waals surface area contributed by atoms with Gasteiger partial charge in [-0.1, -0.05) is 19.1 Å². The molecule has 0 aliphatic heterocycles. The Labute approximate surface area is 129 Å². The van der Waals surface area contributed by atoms with Crippen molar-refractivity contribution >= 4 is 21.8 Å². The first-order valence-electron chi connectivity index (χ1n) is 6.66. The van der Waals surface area contributed by atoms with Crippen molar-refractivity contribution in [3.63, 3.8) is 0 Å². The zero-order valence-corrected chi connectivity index (χ0v) is 13.9. The molecule has 7 heteroatoms. The van der Waals surface area contributed by atoms with Crippen LogP contribution in [0.4, 0.5) is 0 Å². The molecule has 5 nitrogen and oxygen atoms in total. The molecular weight excluding hydrogens is 306 g/mol. The monoisotopic (exact) mass is 325 g/mol. The molecular formula is C14H19N3O2S2. The highest BCUT2D eigenvalue weighted by Gasteiger charge is 2.19. The maximum atomic E-state index is 12.2. The number of nitrogens with one attached hydrogen (secondary N) is 1. The number of hydrogen-bond acceptors (Lipinski definition) is 4. The lowest BCUT2D eigenvalue weighted by Crippen LogP contribution is -2.26. The topological polar surface area (TPSA) is 64.0 Å². The summed E-state index contributed by atoms with van der Waals surface area (Å²) in [6.45, 7) is 3.93. The maximum Gasteiger partial charge on any atom is 0.244 e. The Bertz CT molecular complexity index is 693. The van der Waals surface area contributed by atoms with E-state index in [4.69, 9.17) is 0 Å². The molecule has 0 radical (unpaired) electrons. The highest BCUT2D eigenvalue weighted by molar-refractivity contribution is 7.99. The molecule has 0 aliphatic carbocycles. The molecule has 1 atom stereocenters. The predicted molar refractivity (Wildman–Crippen MR) is 84.8 cm³/mol. The summed E-state index contributed by atoms with van der Waals surface area (Å²) >= 11 is 1.76. The van der Waals surface area contributed by atoms with Crippen LogP contribution in [0.1, 0.15) is 25.5 Å².